The molecule has 76 valence electrons. The Hall–Kier alpha value is -1.02. The number of fused-ring (bicyclic) bond motifs is 1. The van der Waals surface area contributed by atoms with Crippen LogP contribution in [0.4, 0.5) is 5.69 Å². The maximum Gasteiger partial charge on any atom is 0.0406 e. The van der Waals surface area contributed by atoms with Crippen LogP contribution in [-0.2, 0) is 0 Å². The highest BCUT2D eigenvalue weighted by Crippen LogP contribution is 2.36. The molecule has 14 heavy (non-hydrogen) atoms. The lowest BCUT2D eigenvalue weighted by Gasteiger charge is -2.09. The van der Waals surface area contributed by atoms with Crippen molar-refractivity contribution in [3.8, 4) is 0 Å². The first kappa shape index (κ1) is 9.53. The molecule has 2 heteroatoms. The Bertz CT molecular complexity index is 320. The zero-order chi connectivity index (χ0) is 9.97. The minimum atomic E-state index is 0.674. The molecule has 1 aromatic rings. The predicted octanol–water partition coefficient (Wildman–Crippen LogP) is 2.24. The van der Waals surface area contributed by atoms with Crippen molar-refractivity contribution < 1.29 is 0 Å². The molecule has 1 aliphatic heterocycles. The molecular weight excluding hydrogens is 172 g/mol. The molecular formula is C12H18N2. The highest BCUT2D eigenvalue weighted by molar-refractivity contribution is 5.62. The third-order valence-corrected chi connectivity index (χ3v) is 3.03. The van der Waals surface area contributed by atoms with Crippen molar-refractivity contribution in [1.82, 2.24) is 0 Å². The zero-order valence-electron chi connectivity index (χ0n) is 8.72. The summed E-state index contributed by atoms with van der Waals surface area (Å²) in [7, 11) is 0. The van der Waals surface area contributed by atoms with Gasteiger partial charge in [0.15, 0.2) is 0 Å². The van der Waals surface area contributed by atoms with Gasteiger partial charge in [0.25, 0.3) is 0 Å². The Morgan fingerprint density at radius 3 is 3.14 bits per heavy atom. The van der Waals surface area contributed by atoms with E-state index in [0.29, 0.717) is 5.92 Å². The number of hydrogen-bond donors (Lipinski definition) is 2. The first-order valence-electron chi connectivity index (χ1n) is 5.36. The van der Waals surface area contributed by atoms with Crippen LogP contribution < -0.4 is 11.1 Å². The Balaban J connectivity index is 2.18. The van der Waals surface area contributed by atoms with Crippen molar-refractivity contribution in [2.45, 2.75) is 25.7 Å². The first-order valence-corrected chi connectivity index (χ1v) is 5.36. The van der Waals surface area contributed by atoms with Crippen LogP contribution in [0.15, 0.2) is 18.2 Å². The molecule has 0 saturated heterocycles. The van der Waals surface area contributed by atoms with Gasteiger partial charge in [0.1, 0.15) is 0 Å². The van der Waals surface area contributed by atoms with Gasteiger partial charge in [-0.2, -0.15) is 0 Å². The minimum Gasteiger partial charge on any atom is -0.384 e. The van der Waals surface area contributed by atoms with Crippen molar-refractivity contribution in [3.63, 3.8) is 0 Å². The molecule has 3 N–H and O–H groups in total. The molecule has 1 aliphatic rings. The van der Waals surface area contributed by atoms with E-state index in [1.54, 1.807) is 0 Å². The molecule has 1 aromatic carbocycles. The summed E-state index contributed by atoms with van der Waals surface area (Å²) in [5, 5.41) is 3.49. The zero-order valence-corrected chi connectivity index (χ0v) is 8.72. The van der Waals surface area contributed by atoms with Crippen molar-refractivity contribution in [2.75, 3.05) is 18.4 Å². The summed E-state index contributed by atoms with van der Waals surface area (Å²) in [5.74, 6) is 0.674. The van der Waals surface area contributed by atoms with E-state index in [4.69, 9.17) is 5.73 Å². The smallest absolute Gasteiger partial charge is 0.0406 e. The fourth-order valence-electron chi connectivity index (χ4n) is 2.23. The lowest BCUT2D eigenvalue weighted by molar-refractivity contribution is 0.638. The van der Waals surface area contributed by atoms with E-state index in [1.165, 1.54) is 23.2 Å². The van der Waals surface area contributed by atoms with Crippen LogP contribution in [0.1, 0.15) is 29.9 Å². The second-order valence-electron chi connectivity index (χ2n) is 4.05. The van der Waals surface area contributed by atoms with Gasteiger partial charge in [-0.1, -0.05) is 18.2 Å². The molecule has 0 bridgehead atoms. The summed E-state index contributed by atoms with van der Waals surface area (Å²) in [6.45, 7) is 4.05. The fraction of sp³-hybridized carbons (Fsp3) is 0.500. The third-order valence-electron chi connectivity index (χ3n) is 3.03. The maximum absolute atomic E-state index is 5.54. The molecule has 0 aromatic heterocycles. The molecule has 2 nitrogen and oxygen atoms in total. The molecule has 1 atom stereocenters. The van der Waals surface area contributed by atoms with Gasteiger partial charge in [-0.15, -0.1) is 0 Å². The highest BCUT2D eigenvalue weighted by Gasteiger charge is 2.21. The second kappa shape index (κ2) is 4.01. The van der Waals surface area contributed by atoms with Crippen LogP contribution in [0.2, 0.25) is 0 Å². The van der Waals surface area contributed by atoms with E-state index >= 15 is 0 Å². The number of aryl methyl sites for hydroxylation is 1. The number of para-hydroxylation sites is 1. The number of nitrogens with one attached hydrogen (secondary N) is 1. The fourth-order valence-corrected chi connectivity index (χ4v) is 2.23. The number of rotatable bonds is 3. The summed E-state index contributed by atoms with van der Waals surface area (Å²) in [4.78, 5) is 0. The van der Waals surface area contributed by atoms with E-state index in [2.05, 4.69) is 30.4 Å². The van der Waals surface area contributed by atoms with Crippen LogP contribution in [0.25, 0.3) is 0 Å². The third kappa shape index (κ3) is 1.62. The molecule has 0 aliphatic carbocycles. The Morgan fingerprint density at radius 2 is 2.36 bits per heavy atom. The summed E-state index contributed by atoms with van der Waals surface area (Å²) in [6.07, 6.45) is 2.33. The molecule has 0 amide bonds. The average Bonchev–Trinajstić information content (AvgIpc) is 2.60. The topological polar surface area (TPSA) is 38.0 Å². The number of hydrogen-bond acceptors (Lipinski definition) is 2. The normalized spacial score (nSPS) is 19.1. The lowest BCUT2D eigenvalue weighted by atomic mass is 9.95. The van der Waals surface area contributed by atoms with Crippen molar-refractivity contribution in [2.24, 2.45) is 5.73 Å². The quantitative estimate of drug-likeness (QED) is 0.767. The van der Waals surface area contributed by atoms with Crippen LogP contribution in [0.5, 0.6) is 0 Å². The molecule has 0 spiro atoms. The van der Waals surface area contributed by atoms with Gasteiger partial charge in [0.2, 0.25) is 0 Å². The van der Waals surface area contributed by atoms with Gasteiger partial charge >= 0.3 is 0 Å². The van der Waals surface area contributed by atoms with E-state index < -0.39 is 0 Å². The van der Waals surface area contributed by atoms with Gasteiger partial charge in [0, 0.05) is 18.2 Å². The van der Waals surface area contributed by atoms with E-state index in [0.717, 1.165) is 19.5 Å². The average molecular weight is 190 g/mol. The van der Waals surface area contributed by atoms with Gasteiger partial charge in [-0.25, -0.2) is 0 Å². The highest BCUT2D eigenvalue weighted by atomic mass is 14.9. The first-order chi connectivity index (χ1) is 6.83. The van der Waals surface area contributed by atoms with Crippen LogP contribution >= 0.6 is 0 Å². The van der Waals surface area contributed by atoms with Crippen molar-refractivity contribution >= 4 is 5.69 Å². The van der Waals surface area contributed by atoms with Gasteiger partial charge in [-0.3, -0.25) is 0 Å². The van der Waals surface area contributed by atoms with Gasteiger partial charge < -0.3 is 11.1 Å². The number of anilines is 1. The van der Waals surface area contributed by atoms with Crippen LogP contribution in [0, 0.1) is 6.92 Å². The summed E-state index contributed by atoms with van der Waals surface area (Å²) in [5.41, 5.74) is 9.74. The molecule has 1 unspecified atom stereocenters. The van der Waals surface area contributed by atoms with Crippen LogP contribution in [0.3, 0.4) is 0 Å². The van der Waals surface area contributed by atoms with Gasteiger partial charge in [-0.05, 0) is 37.4 Å². The summed E-state index contributed by atoms with van der Waals surface area (Å²) < 4.78 is 0. The summed E-state index contributed by atoms with van der Waals surface area (Å²) in [6, 6.07) is 6.55. The molecule has 0 saturated carbocycles. The monoisotopic (exact) mass is 190 g/mol. The molecule has 2 rings (SSSR count). The Labute approximate surface area is 85.5 Å². The summed E-state index contributed by atoms with van der Waals surface area (Å²) >= 11 is 0. The van der Waals surface area contributed by atoms with E-state index in [1.807, 2.05) is 0 Å². The van der Waals surface area contributed by atoms with E-state index in [9.17, 15) is 0 Å². The SMILES string of the molecule is Cc1cccc2c1NCC2CCCN. The second-order valence-corrected chi connectivity index (χ2v) is 4.05. The Morgan fingerprint density at radius 1 is 1.50 bits per heavy atom. The lowest BCUT2D eigenvalue weighted by Crippen LogP contribution is -2.06. The van der Waals surface area contributed by atoms with Crippen LogP contribution in [-0.4, -0.2) is 13.1 Å². The Kier molecular flexibility index (Phi) is 2.73. The van der Waals surface area contributed by atoms with Crippen molar-refractivity contribution in [3.05, 3.63) is 29.3 Å². The molecule has 1 heterocycles. The molecule has 0 radical (unpaired) electrons. The van der Waals surface area contributed by atoms with Gasteiger partial charge in [0.05, 0.1) is 0 Å². The van der Waals surface area contributed by atoms with E-state index in [-0.39, 0.29) is 0 Å². The molecule has 0 fully saturated rings. The number of benzene rings is 1. The predicted molar refractivity (Wildman–Crippen MR) is 60.7 cm³/mol. The number of nitrogens with two attached hydrogens (primary N) is 1. The van der Waals surface area contributed by atoms with Crippen molar-refractivity contribution in [1.29, 1.82) is 0 Å². The minimum absolute atomic E-state index is 0.674. The standard InChI is InChI=1S/C12H18N2/c1-9-4-2-6-11-10(5-3-7-13)8-14-12(9)11/h2,4,6,10,14H,3,5,7-8,13H2,1H3. The maximum atomic E-state index is 5.54. The largest absolute Gasteiger partial charge is 0.384 e.